The highest BCUT2D eigenvalue weighted by Crippen LogP contribution is 2.31. The standard InChI is InChI=1S/C15H18FNO2/c1-10-9-11(16)5-6-12(10)15(18)17-7-8-19-14-4-2-3-13(14)17/h5-6,9,13-14H,2-4,7-8H2,1H3. The molecule has 2 atom stereocenters. The van der Waals surface area contributed by atoms with E-state index in [1.54, 1.807) is 13.0 Å². The highest BCUT2D eigenvalue weighted by atomic mass is 19.1. The Bertz CT molecular complexity index is 503. The monoisotopic (exact) mass is 263 g/mol. The van der Waals surface area contributed by atoms with Gasteiger partial charge in [0.2, 0.25) is 0 Å². The largest absolute Gasteiger partial charge is 0.374 e. The van der Waals surface area contributed by atoms with Gasteiger partial charge in [-0.05, 0) is 49.9 Å². The Labute approximate surface area is 112 Å². The van der Waals surface area contributed by atoms with Crippen LogP contribution >= 0.6 is 0 Å². The number of nitrogens with zero attached hydrogens (tertiary/aromatic N) is 1. The van der Waals surface area contributed by atoms with E-state index in [9.17, 15) is 9.18 Å². The summed E-state index contributed by atoms with van der Waals surface area (Å²) in [6.45, 7) is 3.02. The lowest BCUT2D eigenvalue weighted by atomic mass is 10.0. The molecule has 102 valence electrons. The van der Waals surface area contributed by atoms with Gasteiger partial charge in [-0.2, -0.15) is 0 Å². The Morgan fingerprint density at radius 2 is 2.26 bits per heavy atom. The second kappa shape index (κ2) is 4.93. The fourth-order valence-electron chi connectivity index (χ4n) is 3.20. The molecule has 2 aliphatic rings. The number of fused-ring (bicyclic) bond motifs is 1. The van der Waals surface area contributed by atoms with Gasteiger partial charge in [-0.3, -0.25) is 4.79 Å². The van der Waals surface area contributed by atoms with E-state index in [2.05, 4.69) is 0 Å². The lowest BCUT2D eigenvalue weighted by Gasteiger charge is -2.38. The third-order valence-corrected chi connectivity index (χ3v) is 4.16. The van der Waals surface area contributed by atoms with Crippen LogP contribution in [0.5, 0.6) is 0 Å². The third-order valence-electron chi connectivity index (χ3n) is 4.16. The van der Waals surface area contributed by atoms with Crippen molar-refractivity contribution >= 4 is 5.91 Å². The minimum Gasteiger partial charge on any atom is -0.374 e. The molecule has 2 fully saturated rings. The highest BCUT2D eigenvalue weighted by Gasteiger charge is 2.38. The van der Waals surface area contributed by atoms with E-state index in [-0.39, 0.29) is 23.9 Å². The molecule has 3 rings (SSSR count). The van der Waals surface area contributed by atoms with Gasteiger partial charge in [-0.25, -0.2) is 4.39 Å². The molecule has 1 heterocycles. The van der Waals surface area contributed by atoms with Crippen LogP contribution < -0.4 is 0 Å². The quantitative estimate of drug-likeness (QED) is 0.779. The van der Waals surface area contributed by atoms with E-state index in [4.69, 9.17) is 4.74 Å². The summed E-state index contributed by atoms with van der Waals surface area (Å²) in [5, 5.41) is 0. The van der Waals surface area contributed by atoms with Crippen molar-refractivity contribution in [3.8, 4) is 0 Å². The van der Waals surface area contributed by atoms with Gasteiger partial charge < -0.3 is 9.64 Å². The number of hydrogen-bond donors (Lipinski definition) is 0. The van der Waals surface area contributed by atoms with Gasteiger partial charge in [0.15, 0.2) is 0 Å². The molecular formula is C15H18FNO2. The molecule has 1 aliphatic heterocycles. The van der Waals surface area contributed by atoms with E-state index in [1.165, 1.54) is 12.1 Å². The minimum absolute atomic E-state index is 0.0118. The highest BCUT2D eigenvalue weighted by molar-refractivity contribution is 5.96. The second-order valence-electron chi connectivity index (χ2n) is 5.37. The van der Waals surface area contributed by atoms with E-state index in [0.29, 0.717) is 24.3 Å². The Morgan fingerprint density at radius 1 is 1.42 bits per heavy atom. The van der Waals surface area contributed by atoms with Gasteiger partial charge in [0.05, 0.1) is 18.8 Å². The summed E-state index contributed by atoms with van der Waals surface area (Å²) in [4.78, 5) is 14.5. The molecular weight excluding hydrogens is 245 g/mol. The number of halogens is 1. The molecule has 0 bridgehead atoms. The minimum atomic E-state index is -0.297. The van der Waals surface area contributed by atoms with E-state index >= 15 is 0 Å². The van der Waals surface area contributed by atoms with E-state index in [0.717, 1.165) is 19.3 Å². The number of hydrogen-bond acceptors (Lipinski definition) is 2. The SMILES string of the molecule is Cc1cc(F)ccc1C(=O)N1CCOC2CCCC21. The summed E-state index contributed by atoms with van der Waals surface area (Å²) in [6.07, 6.45) is 3.35. The fraction of sp³-hybridized carbons (Fsp3) is 0.533. The zero-order chi connectivity index (χ0) is 13.4. The number of benzene rings is 1. The topological polar surface area (TPSA) is 29.5 Å². The molecule has 0 N–H and O–H groups in total. The van der Waals surface area contributed by atoms with Gasteiger partial charge in [0.1, 0.15) is 5.82 Å². The number of amides is 1. The maximum absolute atomic E-state index is 13.1. The van der Waals surface area contributed by atoms with Crippen molar-refractivity contribution in [2.75, 3.05) is 13.2 Å². The van der Waals surface area contributed by atoms with Crippen LogP contribution in [0.25, 0.3) is 0 Å². The summed E-state index contributed by atoms with van der Waals surface area (Å²) in [6, 6.07) is 4.56. The van der Waals surface area contributed by atoms with Gasteiger partial charge in [0.25, 0.3) is 5.91 Å². The second-order valence-corrected chi connectivity index (χ2v) is 5.37. The van der Waals surface area contributed by atoms with Gasteiger partial charge in [-0.15, -0.1) is 0 Å². The number of rotatable bonds is 1. The smallest absolute Gasteiger partial charge is 0.254 e. The van der Waals surface area contributed by atoms with Crippen LogP contribution in [0.3, 0.4) is 0 Å². The zero-order valence-corrected chi connectivity index (χ0v) is 11.1. The Balaban J connectivity index is 1.86. The van der Waals surface area contributed by atoms with Crippen molar-refractivity contribution in [3.63, 3.8) is 0 Å². The predicted octanol–water partition coefficient (Wildman–Crippen LogP) is 2.53. The van der Waals surface area contributed by atoms with Crippen LogP contribution in [0.2, 0.25) is 0 Å². The predicted molar refractivity (Wildman–Crippen MR) is 69.6 cm³/mol. The molecule has 2 unspecified atom stereocenters. The number of carbonyl (C=O) groups is 1. The number of morpholine rings is 1. The van der Waals surface area contributed by atoms with Gasteiger partial charge in [0, 0.05) is 12.1 Å². The zero-order valence-electron chi connectivity index (χ0n) is 11.1. The molecule has 0 aromatic heterocycles. The van der Waals surface area contributed by atoms with Crippen LogP contribution in [0, 0.1) is 12.7 Å². The number of aryl methyl sites for hydroxylation is 1. The summed E-state index contributed by atoms with van der Waals surface area (Å²) >= 11 is 0. The van der Waals surface area contributed by atoms with E-state index in [1.807, 2.05) is 4.90 Å². The van der Waals surface area contributed by atoms with Crippen LogP contribution in [0.4, 0.5) is 4.39 Å². The maximum Gasteiger partial charge on any atom is 0.254 e. The van der Waals surface area contributed by atoms with Crippen molar-refractivity contribution in [2.24, 2.45) is 0 Å². The van der Waals surface area contributed by atoms with Crippen LogP contribution in [-0.4, -0.2) is 36.1 Å². The summed E-state index contributed by atoms with van der Waals surface area (Å²) < 4.78 is 18.8. The first-order chi connectivity index (χ1) is 9.16. The van der Waals surface area contributed by atoms with Crippen LogP contribution in [-0.2, 0) is 4.74 Å². The Morgan fingerprint density at radius 3 is 3.05 bits per heavy atom. The summed E-state index contributed by atoms with van der Waals surface area (Å²) in [7, 11) is 0. The molecule has 0 spiro atoms. The van der Waals surface area contributed by atoms with Gasteiger partial charge >= 0.3 is 0 Å². The van der Waals surface area contributed by atoms with Crippen molar-refractivity contribution in [1.29, 1.82) is 0 Å². The Kier molecular flexibility index (Phi) is 3.27. The summed E-state index contributed by atoms with van der Waals surface area (Å²) in [5.41, 5.74) is 1.31. The maximum atomic E-state index is 13.1. The molecule has 4 heteroatoms. The average molecular weight is 263 g/mol. The van der Waals surface area contributed by atoms with Crippen molar-refractivity contribution in [3.05, 3.63) is 35.1 Å². The molecule has 1 saturated carbocycles. The van der Waals surface area contributed by atoms with Crippen LogP contribution in [0.1, 0.15) is 35.2 Å². The summed E-state index contributed by atoms with van der Waals surface area (Å²) in [5.74, 6) is -0.285. The van der Waals surface area contributed by atoms with E-state index < -0.39 is 0 Å². The molecule has 1 saturated heterocycles. The van der Waals surface area contributed by atoms with Crippen molar-refractivity contribution in [1.82, 2.24) is 4.90 Å². The van der Waals surface area contributed by atoms with Crippen LogP contribution in [0.15, 0.2) is 18.2 Å². The molecule has 1 amide bonds. The molecule has 1 aromatic rings. The third kappa shape index (κ3) is 2.25. The lowest BCUT2D eigenvalue weighted by molar-refractivity contribution is -0.0445. The van der Waals surface area contributed by atoms with Crippen molar-refractivity contribution in [2.45, 2.75) is 38.3 Å². The van der Waals surface area contributed by atoms with Gasteiger partial charge in [-0.1, -0.05) is 0 Å². The Hall–Kier alpha value is -1.42. The number of ether oxygens (including phenoxy) is 1. The fourth-order valence-corrected chi connectivity index (χ4v) is 3.20. The number of carbonyl (C=O) groups excluding carboxylic acids is 1. The first kappa shape index (κ1) is 12.6. The molecule has 1 aliphatic carbocycles. The van der Waals surface area contributed by atoms with Crippen molar-refractivity contribution < 1.29 is 13.9 Å². The molecule has 0 radical (unpaired) electrons. The normalized spacial score (nSPS) is 26.3. The first-order valence-electron chi connectivity index (χ1n) is 6.85. The lowest BCUT2D eigenvalue weighted by Crippen LogP contribution is -2.51. The molecule has 3 nitrogen and oxygen atoms in total. The molecule has 1 aromatic carbocycles. The first-order valence-corrected chi connectivity index (χ1v) is 6.85. The average Bonchev–Trinajstić information content (AvgIpc) is 2.86. The molecule has 19 heavy (non-hydrogen) atoms.